The van der Waals surface area contributed by atoms with Crippen LogP contribution in [0.25, 0.3) is 10.9 Å². The molecule has 1 aromatic heterocycles. The van der Waals surface area contributed by atoms with Crippen LogP contribution in [0.5, 0.6) is 0 Å². The lowest BCUT2D eigenvalue weighted by Gasteiger charge is -2.40. The third-order valence-corrected chi connectivity index (χ3v) is 6.90. The van der Waals surface area contributed by atoms with Gasteiger partial charge in [-0.3, -0.25) is 9.59 Å². The van der Waals surface area contributed by atoms with Gasteiger partial charge in [0.1, 0.15) is 11.2 Å². The minimum Gasteiger partial charge on any atom is -0.370 e. The molecule has 1 spiro atoms. The quantitative estimate of drug-likeness (QED) is 0.722. The molecule has 150 valence electrons. The zero-order valence-electron chi connectivity index (χ0n) is 15.9. The van der Waals surface area contributed by atoms with Crippen molar-refractivity contribution in [2.24, 2.45) is 7.05 Å². The van der Waals surface area contributed by atoms with E-state index in [0.29, 0.717) is 26.1 Å². The van der Waals surface area contributed by atoms with Gasteiger partial charge in [-0.2, -0.15) is 4.31 Å². The number of hydrogen-bond acceptors (Lipinski definition) is 5. The average molecular weight is 405 g/mol. The third kappa shape index (κ3) is 3.23. The topological polar surface area (TPSA) is 88.9 Å². The number of sulfonamides is 1. The zero-order chi connectivity index (χ0) is 20.1. The summed E-state index contributed by atoms with van der Waals surface area (Å²) in [7, 11) is -1.65. The molecule has 0 N–H and O–H groups in total. The maximum atomic E-state index is 13.2. The van der Waals surface area contributed by atoms with E-state index < -0.39 is 15.6 Å². The summed E-state index contributed by atoms with van der Waals surface area (Å²) in [6.07, 6.45) is 1.70. The smallest absolute Gasteiger partial charge is 0.263 e. The van der Waals surface area contributed by atoms with E-state index in [1.54, 1.807) is 18.0 Å². The van der Waals surface area contributed by atoms with Crippen LogP contribution in [-0.2, 0) is 21.8 Å². The summed E-state index contributed by atoms with van der Waals surface area (Å²) < 4.78 is 32.5. The lowest BCUT2D eigenvalue weighted by molar-refractivity contribution is -0.0892. The standard InChI is InChI=1S/C19H23N3O5S/c1-20-16-6-4-3-5-14(16)11-15(17(20)23)18(24)21-9-10-27-19(12-21)7-8-22(13-19)28(2,25)26/h3-6,11H,7-10,12-13H2,1-2H3. The van der Waals surface area contributed by atoms with Crippen LogP contribution in [0.2, 0.25) is 0 Å². The molecule has 2 fully saturated rings. The van der Waals surface area contributed by atoms with Gasteiger partial charge in [0.15, 0.2) is 0 Å². The summed E-state index contributed by atoms with van der Waals surface area (Å²) in [5.74, 6) is -0.341. The number of morpholine rings is 1. The van der Waals surface area contributed by atoms with E-state index in [4.69, 9.17) is 4.74 Å². The Balaban J connectivity index is 1.63. The van der Waals surface area contributed by atoms with Crippen molar-refractivity contribution in [3.05, 3.63) is 46.2 Å². The van der Waals surface area contributed by atoms with Gasteiger partial charge in [0.2, 0.25) is 10.0 Å². The first-order chi connectivity index (χ1) is 13.2. The molecule has 1 atom stereocenters. The van der Waals surface area contributed by atoms with Crippen molar-refractivity contribution < 1.29 is 17.9 Å². The predicted octanol–water partition coefficient (Wildman–Crippen LogP) is 0.415. The summed E-state index contributed by atoms with van der Waals surface area (Å²) in [4.78, 5) is 27.5. The van der Waals surface area contributed by atoms with E-state index in [2.05, 4.69) is 0 Å². The van der Waals surface area contributed by atoms with Crippen molar-refractivity contribution >= 4 is 26.8 Å². The van der Waals surface area contributed by atoms with Gasteiger partial charge in [-0.15, -0.1) is 0 Å². The van der Waals surface area contributed by atoms with E-state index >= 15 is 0 Å². The molecule has 1 aromatic carbocycles. The number of carbonyl (C=O) groups is 1. The molecular formula is C19H23N3O5S. The lowest BCUT2D eigenvalue weighted by Crippen LogP contribution is -2.55. The highest BCUT2D eigenvalue weighted by atomic mass is 32.2. The van der Waals surface area contributed by atoms with Gasteiger partial charge in [0.05, 0.1) is 24.9 Å². The summed E-state index contributed by atoms with van der Waals surface area (Å²) in [6.45, 7) is 1.56. The average Bonchev–Trinajstić information content (AvgIpc) is 3.08. The van der Waals surface area contributed by atoms with Crippen LogP contribution in [0, 0.1) is 0 Å². The Kier molecular flexibility index (Phi) is 4.56. The Morgan fingerprint density at radius 1 is 1.18 bits per heavy atom. The molecule has 1 unspecified atom stereocenters. The maximum Gasteiger partial charge on any atom is 0.263 e. The van der Waals surface area contributed by atoms with Crippen LogP contribution in [0.3, 0.4) is 0 Å². The second-order valence-electron chi connectivity index (χ2n) is 7.59. The lowest BCUT2D eigenvalue weighted by atomic mass is 10.00. The molecule has 1 amide bonds. The number of fused-ring (bicyclic) bond motifs is 1. The first kappa shape index (κ1) is 19.1. The van der Waals surface area contributed by atoms with Crippen LogP contribution in [0.15, 0.2) is 35.1 Å². The molecule has 0 radical (unpaired) electrons. The minimum atomic E-state index is -3.31. The Hall–Kier alpha value is -2.23. The highest BCUT2D eigenvalue weighted by molar-refractivity contribution is 7.88. The number of aryl methyl sites for hydroxylation is 1. The van der Waals surface area contributed by atoms with Crippen LogP contribution in [0.4, 0.5) is 0 Å². The molecule has 2 saturated heterocycles. The number of aromatic nitrogens is 1. The number of nitrogens with zero attached hydrogens (tertiary/aromatic N) is 3. The largest absolute Gasteiger partial charge is 0.370 e. The second-order valence-corrected chi connectivity index (χ2v) is 9.57. The van der Waals surface area contributed by atoms with Crippen molar-refractivity contribution in [1.29, 1.82) is 0 Å². The Morgan fingerprint density at radius 3 is 2.64 bits per heavy atom. The fraction of sp³-hybridized carbons (Fsp3) is 0.474. The summed E-state index contributed by atoms with van der Waals surface area (Å²) in [6, 6.07) is 9.06. The van der Waals surface area contributed by atoms with Gasteiger partial charge in [-0.05, 0) is 23.9 Å². The molecule has 2 aromatic rings. The van der Waals surface area contributed by atoms with Crippen LogP contribution in [0.1, 0.15) is 16.8 Å². The van der Waals surface area contributed by atoms with Crippen LogP contribution < -0.4 is 5.56 Å². The van der Waals surface area contributed by atoms with Gasteiger partial charge in [-0.1, -0.05) is 18.2 Å². The first-order valence-electron chi connectivity index (χ1n) is 9.17. The maximum absolute atomic E-state index is 13.2. The molecule has 3 heterocycles. The first-order valence-corrected chi connectivity index (χ1v) is 11.0. The molecule has 0 saturated carbocycles. The second kappa shape index (κ2) is 6.68. The molecule has 2 aliphatic rings. The number of hydrogen-bond donors (Lipinski definition) is 0. The van der Waals surface area contributed by atoms with Crippen molar-refractivity contribution in [1.82, 2.24) is 13.8 Å². The van der Waals surface area contributed by atoms with Crippen molar-refractivity contribution in [2.75, 3.05) is 39.0 Å². The Morgan fingerprint density at radius 2 is 1.93 bits per heavy atom. The van der Waals surface area contributed by atoms with Crippen LogP contribution in [-0.4, -0.2) is 72.7 Å². The van der Waals surface area contributed by atoms with Crippen molar-refractivity contribution in [3.63, 3.8) is 0 Å². The molecule has 0 aliphatic carbocycles. The van der Waals surface area contributed by atoms with E-state index in [1.165, 1.54) is 15.1 Å². The van der Waals surface area contributed by atoms with Crippen molar-refractivity contribution in [3.8, 4) is 0 Å². The Bertz CT molecular complexity index is 1110. The molecule has 9 heteroatoms. The number of benzene rings is 1. The Labute approximate surface area is 163 Å². The van der Waals surface area contributed by atoms with E-state index in [-0.39, 0.29) is 30.1 Å². The van der Waals surface area contributed by atoms with E-state index in [0.717, 1.165) is 10.9 Å². The molecular weight excluding hydrogens is 382 g/mol. The molecule has 2 aliphatic heterocycles. The number of ether oxygens (including phenoxy) is 1. The number of amides is 1. The third-order valence-electron chi connectivity index (χ3n) is 5.65. The molecule has 8 nitrogen and oxygen atoms in total. The van der Waals surface area contributed by atoms with Crippen LogP contribution >= 0.6 is 0 Å². The highest BCUT2D eigenvalue weighted by Crippen LogP contribution is 2.31. The molecule has 4 rings (SSSR count). The van der Waals surface area contributed by atoms with E-state index in [1.807, 2.05) is 24.3 Å². The van der Waals surface area contributed by atoms with Crippen molar-refractivity contribution in [2.45, 2.75) is 12.0 Å². The molecule has 0 bridgehead atoms. The van der Waals surface area contributed by atoms with Gasteiger partial charge >= 0.3 is 0 Å². The summed E-state index contributed by atoms with van der Waals surface area (Å²) in [5.41, 5.74) is -0.161. The normalized spacial score (nSPS) is 23.6. The number of carbonyl (C=O) groups excluding carboxylic acids is 1. The highest BCUT2D eigenvalue weighted by Gasteiger charge is 2.46. The number of para-hydroxylation sites is 1. The predicted molar refractivity (Wildman–Crippen MR) is 105 cm³/mol. The SMILES string of the molecule is Cn1c(=O)c(C(=O)N2CCOC3(CCN(S(C)(=O)=O)C3)C2)cc2ccccc21. The monoisotopic (exact) mass is 405 g/mol. The summed E-state index contributed by atoms with van der Waals surface area (Å²) >= 11 is 0. The van der Waals surface area contributed by atoms with Gasteiger partial charge in [0, 0.05) is 26.7 Å². The fourth-order valence-electron chi connectivity index (χ4n) is 4.10. The minimum absolute atomic E-state index is 0.121. The number of pyridine rings is 1. The molecule has 28 heavy (non-hydrogen) atoms. The number of rotatable bonds is 2. The van der Waals surface area contributed by atoms with Gasteiger partial charge < -0.3 is 14.2 Å². The van der Waals surface area contributed by atoms with Gasteiger partial charge in [-0.25, -0.2) is 8.42 Å². The van der Waals surface area contributed by atoms with Gasteiger partial charge in [0.25, 0.3) is 11.5 Å². The summed E-state index contributed by atoms with van der Waals surface area (Å²) in [5, 5.41) is 0.819. The van der Waals surface area contributed by atoms with E-state index in [9.17, 15) is 18.0 Å². The zero-order valence-corrected chi connectivity index (χ0v) is 16.7. The fourth-order valence-corrected chi connectivity index (χ4v) is 4.99.